The smallest absolute Gasteiger partial charge is 0.147 e. The molecule has 0 aliphatic carbocycles. The minimum absolute atomic E-state index is 0.253. The lowest BCUT2D eigenvalue weighted by Gasteiger charge is -2.09. The molecule has 19 heavy (non-hydrogen) atoms. The Bertz CT molecular complexity index is 621. The molecule has 4 nitrogen and oxygen atoms in total. The topological polar surface area (TPSA) is 52.1 Å². The molecule has 0 unspecified atom stereocenters. The maximum Gasteiger partial charge on any atom is 0.147 e. The molecule has 0 aliphatic heterocycles. The molecule has 0 spiro atoms. The molecule has 0 bridgehead atoms. The van der Waals surface area contributed by atoms with Crippen LogP contribution in [0.5, 0.6) is 5.75 Å². The number of ether oxygens (including phenoxy) is 1. The van der Waals surface area contributed by atoms with E-state index in [0.29, 0.717) is 23.6 Å². The second-order valence-electron chi connectivity index (χ2n) is 3.98. The number of aldehydes is 1. The van der Waals surface area contributed by atoms with Gasteiger partial charge in [0.15, 0.2) is 0 Å². The van der Waals surface area contributed by atoms with Gasteiger partial charge in [0.25, 0.3) is 0 Å². The number of rotatable bonds is 5. The van der Waals surface area contributed by atoms with E-state index < -0.39 is 0 Å². The number of carbonyl (C=O) groups excluding carboxylic acids is 1. The monoisotopic (exact) mass is 256 g/mol. The standard InChI is InChI=1S/C15H16N2O2/c1-3-6-11-12(9-10-18)17-15-13(16-11)7-5-8-14(15)19-4-2/h3,5-8,10H,4,9H2,1-2H3/b6-3-. The summed E-state index contributed by atoms with van der Waals surface area (Å²) in [6, 6.07) is 5.64. The van der Waals surface area contributed by atoms with E-state index in [1.54, 1.807) is 0 Å². The van der Waals surface area contributed by atoms with Crippen molar-refractivity contribution in [1.82, 2.24) is 9.97 Å². The van der Waals surface area contributed by atoms with Gasteiger partial charge in [0.05, 0.1) is 23.5 Å². The quantitative estimate of drug-likeness (QED) is 0.772. The van der Waals surface area contributed by atoms with Gasteiger partial charge in [-0.2, -0.15) is 0 Å². The van der Waals surface area contributed by atoms with E-state index in [-0.39, 0.29) is 6.42 Å². The molecule has 0 fully saturated rings. The van der Waals surface area contributed by atoms with Crippen LogP contribution in [0.15, 0.2) is 24.3 Å². The summed E-state index contributed by atoms with van der Waals surface area (Å²) in [5.74, 6) is 0.701. The Kier molecular flexibility index (Phi) is 4.23. The highest BCUT2D eigenvalue weighted by molar-refractivity contribution is 5.82. The molecule has 0 saturated heterocycles. The molecule has 1 heterocycles. The fourth-order valence-corrected chi connectivity index (χ4v) is 1.89. The minimum Gasteiger partial charge on any atom is -0.492 e. The van der Waals surface area contributed by atoms with Crippen molar-refractivity contribution in [3.63, 3.8) is 0 Å². The van der Waals surface area contributed by atoms with Crippen molar-refractivity contribution in [1.29, 1.82) is 0 Å². The summed E-state index contributed by atoms with van der Waals surface area (Å²) in [5.41, 5.74) is 2.88. The molecular weight excluding hydrogens is 240 g/mol. The molecule has 1 aromatic carbocycles. The van der Waals surface area contributed by atoms with Crippen LogP contribution in [0, 0.1) is 0 Å². The predicted octanol–water partition coefficient (Wildman–Crippen LogP) is 2.80. The van der Waals surface area contributed by atoms with Gasteiger partial charge >= 0.3 is 0 Å². The lowest BCUT2D eigenvalue weighted by atomic mass is 10.2. The van der Waals surface area contributed by atoms with E-state index in [2.05, 4.69) is 9.97 Å². The average Bonchev–Trinajstić information content (AvgIpc) is 2.41. The normalized spacial score (nSPS) is 11.1. The highest BCUT2D eigenvalue weighted by Gasteiger charge is 2.10. The third-order valence-corrected chi connectivity index (χ3v) is 2.66. The number of para-hydroxylation sites is 1. The zero-order chi connectivity index (χ0) is 13.7. The Hall–Kier alpha value is -2.23. The zero-order valence-corrected chi connectivity index (χ0v) is 11.1. The molecule has 0 aliphatic rings. The molecule has 0 saturated carbocycles. The number of hydrogen-bond acceptors (Lipinski definition) is 4. The Morgan fingerprint density at radius 1 is 1.32 bits per heavy atom. The maximum absolute atomic E-state index is 10.8. The number of carbonyl (C=O) groups is 1. The number of nitrogens with zero attached hydrogens (tertiary/aromatic N) is 2. The largest absolute Gasteiger partial charge is 0.492 e. The Morgan fingerprint density at radius 3 is 2.84 bits per heavy atom. The number of benzene rings is 1. The molecular formula is C15H16N2O2. The summed E-state index contributed by atoms with van der Waals surface area (Å²) in [6.07, 6.45) is 4.84. The van der Waals surface area contributed by atoms with Crippen molar-refractivity contribution < 1.29 is 9.53 Å². The molecule has 1 aromatic heterocycles. The lowest BCUT2D eigenvalue weighted by molar-refractivity contribution is -0.107. The Balaban J connectivity index is 2.65. The number of fused-ring (bicyclic) bond motifs is 1. The van der Waals surface area contributed by atoms with Crippen molar-refractivity contribution in [2.24, 2.45) is 0 Å². The number of allylic oxidation sites excluding steroid dienone is 1. The molecule has 98 valence electrons. The second-order valence-corrected chi connectivity index (χ2v) is 3.98. The first kappa shape index (κ1) is 13.2. The number of hydrogen-bond donors (Lipinski definition) is 0. The third-order valence-electron chi connectivity index (χ3n) is 2.66. The van der Waals surface area contributed by atoms with Gasteiger partial charge in [0.2, 0.25) is 0 Å². The van der Waals surface area contributed by atoms with E-state index in [4.69, 9.17) is 4.74 Å². The van der Waals surface area contributed by atoms with Crippen molar-refractivity contribution in [3.05, 3.63) is 35.7 Å². The summed E-state index contributed by atoms with van der Waals surface area (Å²) in [7, 11) is 0. The van der Waals surface area contributed by atoms with Gasteiger partial charge in [-0.15, -0.1) is 0 Å². The molecule has 4 heteroatoms. The van der Waals surface area contributed by atoms with Gasteiger partial charge in [-0.25, -0.2) is 9.97 Å². The van der Waals surface area contributed by atoms with Gasteiger partial charge in [0.1, 0.15) is 17.6 Å². The van der Waals surface area contributed by atoms with Crippen LogP contribution in [0.25, 0.3) is 17.1 Å². The summed E-state index contributed by atoms with van der Waals surface area (Å²) in [4.78, 5) is 19.8. The molecule has 0 atom stereocenters. The molecule has 0 amide bonds. The summed E-state index contributed by atoms with van der Waals surface area (Å²) in [5, 5.41) is 0. The van der Waals surface area contributed by atoms with Crippen molar-refractivity contribution in [3.8, 4) is 5.75 Å². The Labute approximate surface area is 112 Å². The average molecular weight is 256 g/mol. The molecule has 0 N–H and O–H groups in total. The summed E-state index contributed by atoms with van der Waals surface area (Å²) >= 11 is 0. The molecule has 2 aromatic rings. The highest BCUT2D eigenvalue weighted by atomic mass is 16.5. The fraction of sp³-hybridized carbons (Fsp3) is 0.267. The van der Waals surface area contributed by atoms with E-state index in [1.165, 1.54) is 0 Å². The SMILES string of the molecule is C/C=C\c1nc2cccc(OCC)c2nc1CC=O. The highest BCUT2D eigenvalue weighted by Crippen LogP contribution is 2.24. The van der Waals surface area contributed by atoms with Gasteiger partial charge in [-0.05, 0) is 32.1 Å². The summed E-state index contributed by atoms with van der Waals surface area (Å²) in [6.45, 7) is 4.40. The van der Waals surface area contributed by atoms with Crippen LogP contribution in [-0.4, -0.2) is 22.9 Å². The van der Waals surface area contributed by atoms with Gasteiger partial charge < -0.3 is 9.53 Å². The van der Waals surface area contributed by atoms with E-state index in [1.807, 2.05) is 44.2 Å². The lowest BCUT2D eigenvalue weighted by Crippen LogP contribution is -2.02. The third kappa shape index (κ3) is 2.78. The maximum atomic E-state index is 10.8. The van der Waals surface area contributed by atoms with Crippen LogP contribution in [0.1, 0.15) is 25.2 Å². The van der Waals surface area contributed by atoms with Crippen LogP contribution in [0.2, 0.25) is 0 Å². The molecule has 0 radical (unpaired) electrons. The first-order valence-electron chi connectivity index (χ1n) is 6.29. The Morgan fingerprint density at radius 2 is 2.16 bits per heavy atom. The predicted molar refractivity (Wildman–Crippen MR) is 75.2 cm³/mol. The van der Waals surface area contributed by atoms with E-state index in [0.717, 1.165) is 17.5 Å². The first-order valence-corrected chi connectivity index (χ1v) is 6.29. The van der Waals surface area contributed by atoms with E-state index >= 15 is 0 Å². The minimum atomic E-state index is 0.253. The van der Waals surface area contributed by atoms with Crippen molar-refractivity contribution in [2.45, 2.75) is 20.3 Å². The van der Waals surface area contributed by atoms with Crippen LogP contribution < -0.4 is 4.74 Å². The van der Waals surface area contributed by atoms with Gasteiger partial charge in [-0.3, -0.25) is 0 Å². The fourth-order valence-electron chi connectivity index (χ4n) is 1.89. The summed E-state index contributed by atoms with van der Waals surface area (Å²) < 4.78 is 5.54. The van der Waals surface area contributed by atoms with Crippen molar-refractivity contribution >= 4 is 23.4 Å². The van der Waals surface area contributed by atoms with Crippen LogP contribution in [0.3, 0.4) is 0 Å². The van der Waals surface area contributed by atoms with Crippen LogP contribution in [0.4, 0.5) is 0 Å². The van der Waals surface area contributed by atoms with Gasteiger partial charge in [0, 0.05) is 6.42 Å². The van der Waals surface area contributed by atoms with Gasteiger partial charge in [-0.1, -0.05) is 12.1 Å². The van der Waals surface area contributed by atoms with Crippen molar-refractivity contribution in [2.75, 3.05) is 6.61 Å². The second kappa shape index (κ2) is 6.09. The molecule has 2 rings (SSSR count). The van der Waals surface area contributed by atoms with E-state index in [9.17, 15) is 4.79 Å². The zero-order valence-electron chi connectivity index (χ0n) is 11.1. The van der Waals surface area contributed by atoms with Crippen LogP contribution in [-0.2, 0) is 11.2 Å². The number of aromatic nitrogens is 2. The first-order chi connectivity index (χ1) is 9.30. The van der Waals surface area contributed by atoms with Crippen LogP contribution >= 0.6 is 0 Å².